The summed E-state index contributed by atoms with van der Waals surface area (Å²) in [6.45, 7) is 0. The molecule has 1 aromatic rings. The van der Waals surface area contributed by atoms with Gasteiger partial charge in [0.1, 0.15) is 5.75 Å². The lowest BCUT2D eigenvalue weighted by Gasteiger charge is -2.08. The molecule has 1 aliphatic rings. The van der Waals surface area contributed by atoms with Gasteiger partial charge in [0, 0.05) is 5.41 Å². The Morgan fingerprint density at radius 1 is 1.50 bits per heavy atom. The van der Waals surface area contributed by atoms with Crippen LogP contribution in [0.15, 0.2) is 34.8 Å². The molecule has 0 spiro atoms. The van der Waals surface area contributed by atoms with Crippen LogP contribution in [0.25, 0.3) is 0 Å². The zero-order chi connectivity index (χ0) is 6.81. The predicted molar refractivity (Wildman–Crippen MR) is 40.9 cm³/mol. The first-order chi connectivity index (χ1) is 4.97. The number of hydrogen-bond acceptors (Lipinski definition) is 2. The van der Waals surface area contributed by atoms with Crippen LogP contribution in [0, 0.1) is 6.07 Å². The van der Waals surface area contributed by atoms with E-state index in [1.165, 1.54) is 0 Å². The van der Waals surface area contributed by atoms with Gasteiger partial charge >= 0.3 is 0 Å². The highest BCUT2D eigenvalue weighted by atomic mass is 32.2. The second-order valence-corrected chi connectivity index (χ2v) is 2.83. The highest BCUT2D eigenvalue weighted by Gasteiger charge is 2.03. The van der Waals surface area contributed by atoms with Crippen molar-refractivity contribution in [3.05, 3.63) is 35.9 Å². The molecule has 1 aromatic carbocycles. The molecule has 0 saturated carbocycles. The molecule has 0 aromatic heterocycles. The maximum Gasteiger partial charge on any atom is 0.141 e. The fraction of sp³-hybridized carbons (Fsp3) is 0. The molecule has 1 aliphatic heterocycles. The number of rotatable bonds is 0. The first-order valence-corrected chi connectivity index (χ1v) is 3.83. The van der Waals surface area contributed by atoms with Crippen LogP contribution in [0.4, 0.5) is 0 Å². The molecule has 1 heterocycles. The molecule has 1 radical (unpaired) electrons. The lowest BCUT2D eigenvalue weighted by molar-refractivity contribution is 0.468. The lowest BCUT2D eigenvalue weighted by Crippen LogP contribution is -1.87. The van der Waals surface area contributed by atoms with Gasteiger partial charge in [-0.25, -0.2) is 0 Å². The van der Waals surface area contributed by atoms with Crippen LogP contribution in [-0.2, 0) is 0 Å². The second kappa shape index (κ2) is 2.39. The smallest absolute Gasteiger partial charge is 0.141 e. The Kier molecular flexibility index (Phi) is 1.40. The molecule has 1 nitrogen and oxygen atoms in total. The van der Waals surface area contributed by atoms with Gasteiger partial charge in [0.05, 0.1) is 11.2 Å². The topological polar surface area (TPSA) is 9.23 Å². The van der Waals surface area contributed by atoms with Crippen LogP contribution in [0.3, 0.4) is 0 Å². The van der Waals surface area contributed by atoms with Crippen molar-refractivity contribution in [2.24, 2.45) is 0 Å². The molecule has 0 unspecified atom stereocenters. The van der Waals surface area contributed by atoms with Gasteiger partial charge in [0.2, 0.25) is 0 Å². The minimum absolute atomic E-state index is 0.898. The summed E-state index contributed by atoms with van der Waals surface area (Å²) < 4.78 is 5.19. The molecule has 10 heavy (non-hydrogen) atoms. The third-order valence-electron chi connectivity index (χ3n) is 1.23. The van der Waals surface area contributed by atoms with E-state index in [1.54, 1.807) is 18.0 Å². The lowest BCUT2D eigenvalue weighted by atomic mass is 10.3. The molecule has 49 valence electrons. The van der Waals surface area contributed by atoms with E-state index >= 15 is 0 Å². The van der Waals surface area contributed by atoms with E-state index in [4.69, 9.17) is 4.74 Å². The number of ether oxygens (including phenoxy) is 1. The van der Waals surface area contributed by atoms with Crippen molar-refractivity contribution in [3.8, 4) is 5.75 Å². The van der Waals surface area contributed by atoms with Gasteiger partial charge in [0.25, 0.3) is 0 Å². The summed E-state index contributed by atoms with van der Waals surface area (Å²) in [7, 11) is 0. The van der Waals surface area contributed by atoms with Crippen LogP contribution in [0.2, 0.25) is 0 Å². The molecular formula is C8H5OS. The van der Waals surface area contributed by atoms with Crippen molar-refractivity contribution in [3.63, 3.8) is 0 Å². The van der Waals surface area contributed by atoms with E-state index < -0.39 is 0 Å². The summed E-state index contributed by atoms with van der Waals surface area (Å²) in [6.07, 6.45) is 1.68. The van der Waals surface area contributed by atoms with Crippen molar-refractivity contribution >= 4 is 11.8 Å². The molecule has 0 N–H and O–H groups in total. The summed E-state index contributed by atoms with van der Waals surface area (Å²) in [6, 6.07) is 8.66. The van der Waals surface area contributed by atoms with Gasteiger partial charge in [-0.3, -0.25) is 0 Å². The predicted octanol–water partition coefficient (Wildman–Crippen LogP) is 2.44. The van der Waals surface area contributed by atoms with E-state index in [-0.39, 0.29) is 0 Å². The average Bonchev–Trinajstić information content (AvgIpc) is 2.05. The van der Waals surface area contributed by atoms with Crippen molar-refractivity contribution in [2.75, 3.05) is 0 Å². The number of benzene rings is 1. The molecule has 0 aliphatic carbocycles. The van der Waals surface area contributed by atoms with Crippen molar-refractivity contribution in [2.45, 2.75) is 4.90 Å². The SMILES string of the molecule is [c]1ccc2c(c1)OC=CS2. The molecule has 0 bridgehead atoms. The zero-order valence-corrected chi connectivity index (χ0v) is 6.02. The quantitative estimate of drug-likeness (QED) is 0.560. The third kappa shape index (κ3) is 0.907. The first-order valence-electron chi connectivity index (χ1n) is 2.95. The summed E-state index contributed by atoms with van der Waals surface area (Å²) in [4.78, 5) is 1.15. The van der Waals surface area contributed by atoms with Crippen LogP contribution >= 0.6 is 11.8 Å². The van der Waals surface area contributed by atoms with Gasteiger partial charge in [-0.2, -0.15) is 0 Å². The minimum Gasteiger partial charge on any atom is -0.463 e. The Morgan fingerprint density at radius 2 is 2.50 bits per heavy atom. The highest BCUT2D eigenvalue weighted by molar-refractivity contribution is 8.02. The summed E-state index contributed by atoms with van der Waals surface area (Å²) in [5.74, 6) is 0.898. The Balaban J connectivity index is 2.47. The average molecular weight is 149 g/mol. The molecule has 0 amide bonds. The van der Waals surface area contributed by atoms with Crippen molar-refractivity contribution in [1.82, 2.24) is 0 Å². The van der Waals surface area contributed by atoms with E-state index in [2.05, 4.69) is 6.07 Å². The zero-order valence-electron chi connectivity index (χ0n) is 5.20. The standard InChI is InChI=1S/C8H5OS/c1-2-4-8-7(3-1)9-5-6-10-8/h2-6H. The number of hydrogen-bond donors (Lipinski definition) is 0. The molecule has 2 heteroatoms. The van der Waals surface area contributed by atoms with Gasteiger partial charge in [-0.05, 0) is 18.2 Å². The first kappa shape index (κ1) is 5.86. The van der Waals surface area contributed by atoms with Gasteiger partial charge in [-0.1, -0.05) is 17.8 Å². The van der Waals surface area contributed by atoms with Gasteiger partial charge in [-0.15, -0.1) is 0 Å². The molecule has 0 atom stereocenters. The van der Waals surface area contributed by atoms with Crippen molar-refractivity contribution in [1.29, 1.82) is 0 Å². The fourth-order valence-electron chi connectivity index (χ4n) is 0.792. The Labute approximate surface area is 63.7 Å². The largest absolute Gasteiger partial charge is 0.463 e. The highest BCUT2D eigenvalue weighted by Crippen LogP contribution is 2.32. The summed E-state index contributed by atoms with van der Waals surface area (Å²) >= 11 is 1.66. The second-order valence-electron chi connectivity index (χ2n) is 1.88. The number of fused-ring (bicyclic) bond motifs is 1. The van der Waals surface area contributed by atoms with Crippen molar-refractivity contribution < 1.29 is 4.74 Å². The molecular weight excluding hydrogens is 144 g/mol. The minimum atomic E-state index is 0.898. The van der Waals surface area contributed by atoms with E-state index in [0.717, 1.165) is 10.6 Å². The molecule has 0 fully saturated rings. The Bertz CT molecular complexity index is 241. The van der Waals surface area contributed by atoms with E-state index in [0.29, 0.717) is 0 Å². The van der Waals surface area contributed by atoms with Crippen LogP contribution in [0.1, 0.15) is 0 Å². The molecule has 2 rings (SSSR count). The Hall–Kier alpha value is -0.890. The van der Waals surface area contributed by atoms with Gasteiger partial charge in [0.15, 0.2) is 0 Å². The fourth-order valence-corrected chi connectivity index (χ4v) is 1.42. The van der Waals surface area contributed by atoms with E-state index in [9.17, 15) is 0 Å². The third-order valence-corrected chi connectivity index (χ3v) is 2.07. The summed E-state index contributed by atoms with van der Waals surface area (Å²) in [5, 5.41) is 1.92. The monoisotopic (exact) mass is 149 g/mol. The maximum absolute atomic E-state index is 5.19. The van der Waals surface area contributed by atoms with Crippen LogP contribution in [-0.4, -0.2) is 0 Å². The Morgan fingerprint density at radius 3 is 3.40 bits per heavy atom. The van der Waals surface area contributed by atoms with Crippen LogP contribution < -0.4 is 4.74 Å². The normalized spacial score (nSPS) is 14.0. The molecule has 0 saturated heterocycles. The van der Waals surface area contributed by atoms with Crippen LogP contribution in [0.5, 0.6) is 5.75 Å². The van der Waals surface area contributed by atoms with Gasteiger partial charge < -0.3 is 4.74 Å². The van der Waals surface area contributed by atoms with E-state index in [1.807, 2.05) is 23.6 Å². The summed E-state index contributed by atoms with van der Waals surface area (Å²) in [5.41, 5.74) is 0. The number of thioether (sulfide) groups is 1. The maximum atomic E-state index is 5.19.